The van der Waals surface area contributed by atoms with Gasteiger partial charge in [0.2, 0.25) is 0 Å². The van der Waals surface area contributed by atoms with Crippen molar-refractivity contribution in [3.63, 3.8) is 0 Å². The van der Waals surface area contributed by atoms with Crippen molar-refractivity contribution < 1.29 is 28.1 Å². The highest BCUT2D eigenvalue weighted by Gasteiger charge is 2.35. The Balaban J connectivity index is 1.63. The van der Waals surface area contributed by atoms with Crippen LogP contribution in [0.1, 0.15) is 28.9 Å². The fourth-order valence-corrected chi connectivity index (χ4v) is 4.35. The van der Waals surface area contributed by atoms with E-state index in [9.17, 15) is 9.18 Å². The number of aromatic amines is 1. The monoisotopic (exact) mass is 442 g/mol. The van der Waals surface area contributed by atoms with Crippen molar-refractivity contribution in [1.29, 1.82) is 0 Å². The van der Waals surface area contributed by atoms with Gasteiger partial charge in [-0.3, -0.25) is 4.79 Å². The molecule has 0 unspecified atom stereocenters. The molecule has 1 aliphatic rings. The van der Waals surface area contributed by atoms with Crippen molar-refractivity contribution in [3.05, 3.63) is 53.5 Å². The molecule has 2 heterocycles. The molecule has 0 spiro atoms. The van der Waals surface area contributed by atoms with Gasteiger partial charge in [0.15, 0.2) is 11.5 Å². The quantitative estimate of drug-likeness (QED) is 0.582. The number of amides is 1. The van der Waals surface area contributed by atoms with E-state index < -0.39 is 0 Å². The van der Waals surface area contributed by atoms with E-state index >= 15 is 0 Å². The van der Waals surface area contributed by atoms with E-state index in [0.717, 1.165) is 5.56 Å². The average Bonchev–Trinajstić information content (AvgIpc) is 3.27. The number of methoxy groups -OCH3 is 3. The minimum Gasteiger partial charge on any atom is -0.496 e. The molecule has 4 rings (SSSR count). The van der Waals surface area contributed by atoms with Crippen molar-refractivity contribution in [1.82, 2.24) is 10.3 Å². The second-order valence-electron chi connectivity index (χ2n) is 7.87. The van der Waals surface area contributed by atoms with Gasteiger partial charge in [-0.15, -0.1) is 0 Å². The molecule has 2 aromatic carbocycles. The van der Waals surface area contributed by atoms with Gasteiger partial charge in [0, 0.05) is 36.6 Å². The van der Waals surface area contributed by atoms with Crippen LogP contribution in [0.25, 0.3) is 10.9 Å². The summed E-state index contributed by atoms with van der Waals surface area (Å²) in [7, 11) is 4.64. The lowest BCUT2D eigenvalue weighted by Gasteiger charge is -2.38. The molecule has 32 heavy (non-hydrogen) atoms. The number of H-pyrrole nitrogens is 1. The third-order valence-electron chi connectivity index (χ3n) is 6.16. The number of carbonyl (C=O) groups is 1. The molecule has 1 amide bonds. The first kappa shape index (κ1) is 22.0. The number of aromatic nitrogens is 1. The first-order valence-electron chi connectivity index (χ1n) is 10.4. The SMILES string of the molecule is COc1cc(OC)c2cc(C(=O)NCC3(c4cccc(F)c4)CCOCC3)[nH]c2c1OC. The number of benzene rings is 2. The molecule has 1 aliphatic heterocycles. The Bertz CT molecular complexity index is 1120. The van der Waals surface area contributed by atoms with E-state index in [4.69, 9.17) is 18.9 Å². The van der Waals surface area contributed by atoms with Crippen LogP contribution in [-0.4, -0.2) is 52.0 Å². The maximum atomic E-state index is 13.9. The number of rotatable bonds is 7. The Kier molecular flexibility index (Phi) is 6.23. The van der Waals surface area contributed by atoms with Crippen molar-refractivity contribution in [2.24, 2.45) is 0 Å². The van der Waals surface area contributed by atoms with Crippen molar-refractivity contribution in [2.75, 3.05) is 41.1 Å². The van der Waals surface area contributed by atoms with Crippen LogP contribution >= 0.6 is 0 Å². The second-order valence-corrected chi connectivity index (χ2v) is 7.87. The Morgan fingerprint density at radius 2 is 1.84 bits per heavy atom. The number of fused-ring (bicyclic) bond motifs is 1. The molecule has 0 aliphatic carbocycles. The van der Waals surface area contributed by atoms with Crippen molar-refractivity contribution >= 4 is 16.8 Å². The second kappa shape index (κ2) is 9.08. The van der Waals surface area contributed by atoms with Gasteiger partial charge in [0.25, 0.3) is 5.91 Å². The smallest absolute Gasteiger partial charge is 0.267 e. The summed E-state index contributed by atoms with van der Waals surface area (Å²) >= 11 is 0. The number of ether oxygens (including phenoxy) is 4. The zero-order valence-corrected chi connectivity index (χ0v) is 18.4. The van der Waals surface area contributed by atoms with E-state index in [1.165, 1.54) is 13.2 Å². The number of hydrogen-bond acceptors (Lipinski definition) is 5. The van der Waals surface area contributed by atoms with Crippen LogP contribution in [0.5, 0.6) is 17.2 Å². The zero-order valence-electron chi connectivity index (χ0n) is 18.4. The number of carbonyl (C=O) groups excluding carboxylic acids is 1. The summed E-state index contributed by atoms with van der Waals surface area (Å²) in [6, 6.07) is 10.0. The predicted molar refractivity (Wildman–Crippen MR) is 118 cm³/mol. The number of hydrogen-bond donors (Lipinski definition) is 2. The van der Waals surface area contributed by atoms with Crippen LogP contribution in [0.4, 0.5) is 4.39 Å². The van der Waals surface area contributed by atoms with Gasteiger partial charge in [-0.25, -0.2) is 4.39 Å². The highest BCUT2D eigenvalue weighted by Crippen LogP contribution is 2.41. The van der Waals surface area contributed by atoms with Crippen LogP contribution in [0.3, 0.4) is 0 Å². The van der Waals surface area contributed by atoms with E-state index in [1.54, 1.807) is 38.5 Å². The molecule has 2 N–H and O–H groups in total. The minimum absolute atomic E-state index is 0.272. The molecule has 0 radical (unpaired) electrons. The number of nitrogens with one attached hydrogen (secondary N) is 2. The lowest BCUT2D eigenvalue weighted by Crippen LogP contribution is -2.44. The topological polar surface area (TPSA) is 81.8 Å². The van der Waals surface area contributed by atoms with Crippen LogP contribution in [0.15, 0.2) is 36.4 Å². The Morgan fingerprint density at radius 1 is 1.09 bits per heavy atom. The van der Waals surface area contributed by atoms with E-state index in [1.807, 2.05) is 6.07 Å². The van der Waals surface area contributed by atoms with Crippen LogP contribution < -0.4 is 19.5 Å². The fourth-order valence-electron chi connectivity index (χ4n) is 4.35. The summed E-state index contributed by atoms with van der Waals surface area (Å²) < 4.78 is 35.8. The summed E-state index contributed by atoms with van der Waals surface area (Å²) in [5.41, 5.74) is 1.46. The van der Waals surface area contributed by atoms with Gasteiger partial charge in [0.1, 0.15) is 17.3 Å². The maximum absolute atomic E-state index is 13.9. The van der Waals surface area contributed by atoms with E-state index in [0.29, 0.717) is 66.4 Å². The predicted octanol–water partition coefficient (Wildman–Crippen LogP) is 3.81. The molecule has 1 aromatic heterocycles. The Hall–Kier alpha value is -3.26. The molecular formula is C24H27FN2O5. The highest BCUT2D eigenvalue weighted by molar-refractivity contribution is 6.02. The first-order chi connectivity index (χ1) is 15.5. The molecular weight excluding hydrogens is 415 g/mol. The van der Waals surface area contributed by atoms with Crippen molar-refractivity contribution in [2.45, 2.75) is 18.3 Å². The molecule has 0 atom stereocenters. The normalized spacial score (nSPS) is 15.4. The summed E-state index contributed by atoms with van der Waals surface area (Å²) in [5, 5.41) is 3.74. The van der Waals surface area contributed by atoms with Crippen molar-refractivity contribution in [3.8, 4) is 17.2 Å². The molecule has 0 saturated carbocycles. The molecule has 0 bridgehead atoms. The minimum atomic E-state index is -0.388. The average molecular weight is 442 g/mol. The lowest BCUT2D eigenvalue weighted by atomic mass is 9.74. The number of halogens is 1. The molecule has 7 nitrogen and oxygen atoms in total. The molecule has 1 fully saturated rings. The largest absolute Gasteiger partial charge is 0.496 e. The lowest BCUT2D eigenvalue weighted by molar-refractivity contribution is 0.0486. The van der Waals surface area contributed by atoms with Crippen LogP contribution in [0.2, 0.25) is 0 Å². The first-order valence-corrected chi connectivity index (χ1v) is 10.4. The van der Waals surface area contributed by atoms with Gasteiger partial charge >= 0.3 is 0 Å². The summed E-state index contributed by atoms with van der Waals surface area (Å²) in [6.45, 7) is 1.49. The van der Waals surface area contributed by atoms with Crippen LogP contribution in [0, 0.1) is 5.82 Å². The Labute approximate surface area is 185 Å². The maximum Gasteiger partial charge on any atom is 0.267 e. The standard InChI is InChI=1S/C24H27FN2O5/c1-29-19-13-20(30-2)22(31-3)21-17(19)12-18(27-21)23(28)26-14-24(7-9-32-10-8-24)15-5-4-6-16(25)11-15/h4-6,11-13,27H,7-10,14H2,1-3H3,(H,26,28). The molecule has 170 valence electrons. The fraction of sp³-hybridized carbons (Fsp3) is 0.375. The third-order valence-corrected chi connectivity index (χ3v) is 6.16. The highest BCUT2D eigenvalue weighted by atomic mass is 19.1. The summed E-state index contributed by atoms with van der Waals surface area (Å²) in [6.07, 6.45) is 1.39. The van der Waals surface area contributed by atoms with Crippen LogP contribution in [-0.2, 0) is 10.2 Å². The molecule has 3 aromatic rings. The molecule has 1 saturated heterocycles. The van der Waals surface area contributed by atoms with Gasteiger partial charge in [-0.1, -0.05) is 12.1 Å². The summed E-state index contributed by atoms with van der Waals surface area (Å²) in [4.78, 5) is 16.2. The zero-order chi connectivity index (χ0) is 22.7. The summed E-state index contributed by atoms with van der Waals surface area (Å²) in [5.74, 6) is 0.990. The van der Waals surface area contributed by atoms with E-state index in [2.05, 4.69) is 10.3 Å². The third kappa shape index (κ3) is 3.98. The van der Waals surface area contributed by atoms with E-state index in [-0.39, 0.29) is 17.1 Å². The van der Waals surface area contributed by atoms with Gasteiger partial charge in [-0.2, -0.15) is 0 Å². The van der Waals surface area contributed by atoms with Gasteiger partial charge in [-0.05, 0) is 36.6 Å². The molecule has 8 heteroatoms. The van der Waals surface area contributed by atoms with Gasteiger partial charge < -0.3 is 29.2 Å². The Morgan fingerprint density at radius 3 is 2.50 bits per heavy atom. The van der Waals surface area contributed by atoms with Gasteiger partial charge in [0.05, 0.1) is 26.8 Å².